The first-order chi connectivity index (χ1) is 16.6. The standard InChI is InChI=1S/C27H46N2O5/c30-22-13-24(31)26(25(14-22)34-18-19-5-2-1-3-6-19)27(32)29-16-21-8-4-7-20(23(21)17-29)15-28-9-11-33-12-10-28/h19-26,30-31H,1-18H2. The van der Waals surface area contributed by atoms with E-state index in [2.05, 4.69) is 9.80 Å². The molecule has 7 atom stereocenters. The molecule has 0 spiro atoms. The Labute approximate surface area is 205 Å². The van der Waals surface area contributed by atoms with E-state index in [4.69, 9.17) is 9.47 Å². The minimum Gasteiger partial charge on any atom is -0.393 e. The molecule has 2 saturated heterocycles. The van der Waals surface area contributed by atoms with Gasteiger partial charge in [-0.15, -0.1) is 0 Å². The average Bonchev–Trinajstić information content (AvgIpc) is 3.29. The Morgan fingerprint density at radius 1 is 0.941 bits per heavy atom. The zero-order valence-corrected chi connectivity index (χ0v) is 20.9. The summed E-state index contributed by atoms with van der Waals surface area (Å²) in [4.78, 5) is 18.4. The number of fused-ring (bicyclic) bond motifs is 1. The summed E-state index contributed by atoms with van der Waals surface area (Å²) in [5.74, 6) is 1.87. The first-order valence-electron chi connectivity index (χ1n) is 14.1. The van der Waals surface area contributed by atoms with Crippen LogP contribution in [0, 0.1) is 29.6 Å². The minimum absolute atomic E-state index is 0.0626. The average molecular weight is 479 g/mol. The maximum Gasteiger partial charge on any atom is 0.230 e. The van der Waals surface area contributed by atoms with E-state index in [1.165, 1.54) is 51.4 Å². The van der Waals surface area contributed by atoms with Crippen molar-refractivity contribution < 1.29 is 24.5 Å². The number of hydrogen-bond acceptors (Lipinski definition) is 6. The van der Waals surface area contributed by atoms with Gasteiger partial charge in [0.15, 0.2) is 0 Å². The summed E-state index contributed by atoms with van der Waals surface area (Å²) in [6.07, 6.45) is 8.88. The molecule has 0 aromatic heterocycles. The van der Waals surface area contributed by atoms with Crippen LogP contribution in [0.5, 0.6) is 0 Å². The van der Waals surface area contributed by atoms with Gasteiger partial charge in [0.2, 0.25) is 5.91 Å². The molecule has 7 unspecified atom stereocenters. The summed E-state index contributed by atoms with van der Waals surface area (Å²) in [5.41, 5.74) is 0. The molecular formula is C27H46N2O5. The first kappa shape index (κ1) is 24.9. The van der Waals surface area contributed by atoms with E-state index in [0.29, 0.717) is 36.7 Å². The van der Waals surface area contributed by atoms with Crippen molar-refractivity contribution in [2.45, 2.75) is 82.5 Å². The molecule has 0 aromatic rings. The fraction of sp³-hybridized carbons (Fsp3) is 0.963. The van der Waals surface area contributed by atoms with Gasteiger partial charge < -0.3 is 24.6 Å². The number of carbonyl (C=O) groups is 1. The second kappa shape index (κ2) is 11.5. The predicted octanol–water partition coefficient (Wildman–Crippen LogP) is 2.29. The molecule has 1 amide bonds. The molecule has 5 aliphatic rings. The highest BCUT2D eigenvalue weighted by molar-refractivity contribution is 5.80. The van der Waals surface area contributed by atoms with Crippen LogP contribution in [0.4, 0.5) is 0 Å². The Hall–Kier alpha value is -0.730. The van der Waals surface area contributed by atoms with E-state index >= 15 is 0 Å². The van der Waals surface area contributed by atoms with Crippen LogP contribution in [0.25, 0.3) is 0 Å². The van der Waals surface area contributed by atoms with Crippen molar-refractivity contribution >= 4 is 5.91 Å². The third-order valence-electron chi connectivity index (χ3n) is 9.54. The highest BCUT2D eigenvalue weighted by Crippen LogP contribution is 2.42. The third-order valence-corrected chi connectivity index (χ3v) is 9.54. The van der Waals surface area contributed by atoms with Crippen molar-refractivity contribution in [2.24, 2.45) is 29.6 Å². The van der Waals surface area contributed by atoms with Gasteiger partial charge in [-0.25, -0.2) is 0 Å². The van der Waals surface area contributed by atoms with Crippen molar-refractivity contribution in [1.82, 2.24) is 9.80 Å². The number of rotatable bonds is 6. The lowest BCUT2D eigenvalue weighted by Gasteiger charge is -2.39. The molecule has 7 nitrogen and oxygen atoms in total. The second-order valence-electron chi connectivity index (χ2n) is 11.9. The zero-order chi connectivity index (χ0) is 23.5. The predicted molar refractivity (Wildman–Crippen MR) is 129 cm³/mol. The molecule has 3 saturated carbocycles. The van der Waals surface area contributed by atoms with E-state index in [-0.39, 0.29) is 18.4 Å². The molecule has 3 aliphatic carbocycles. The van der Waals surface area contributed by atoms with Gasteiger partial charge in [-0.3, -0.25) is 9.69 Å². The number of amides is 1. The van der Waals surface area contributed by atoms with Crippen molar-refractivity contribution in [1.29, 1.82) is 0 Å². The molecule has 5 rings (SSSR count). The van der Waals surface area contributed by atoms with E-state index in [1.54, 1.807) is 0 Å². The number of aliphatic hydroxyl groups excluding tert-OH is 2. The maximum atomic E-state index is 13.8. The van der Waals surface area contributed by atoms with Crippen LogP contribution in [0.1, 0.15) is 64.2 Å². The topological polar surface area (TPSA) is 82.5 Å². The molecule has 34 heavy (non-hydrogen) atoms. The van der Waals surface area contributed by atoms with Gasteiger partial charge in [-0.1, -0.05) is 25.7 Å². The molecular weight excluding hydrogens is 432 g/mol. The zero-order valence-electron chi connectivity index (χ0n) is 20.9. The van der Waals surface area contributed by atoms with Crippen LogP contribution in [-0.2, 0) is 14.3 Å². The van der Waals surface area contributed by atoms with E-state index < -0.39 is 18.1 Å². The Balaban J connectivity index is 1.21. The maximum absolute atomic E-state index is 13.8. The largest absolute Gasteiger partial charge is 0.393 e. The van der Waals surface area contributed by atoms with E-state index in [1.807, 2.05) is 0 Å². The molecule has 7 heteroatoms. The number of carbonyl (C=O) groups excluding carboxylic acids is 1. The highest BCUT2D eigenvalue weighted by atomic mass is 16.5. The van der Waals surface area contributed by atoms with Crippen LogP contribution in [0.3, 0.4) is 0 Å². The van der Waals surface area contributed by atoms with Crippen LogP contribution in [0.15, 0.2) is 0 Å². The molecule has 194 valence electrons. The number of aliphatic hydroxyl groups is 2. The summed E-state index contributed by atoms with van der Waals surface area (Å²) in [6.45, 7) is 7.13. The van der Waals surface area contributed by atoms with Gasteiger partial charge in [-0.05, 0) is 49.4 Å². The normalized spacial score (nSPS) is 40.3. The Bertz CT molecular complexity index is 665. The summed E-state index contributed by atoms with van der Waals surface area (Å²) in [5, 5.41) is 21.2. The summed E-state index contributed by atoms with van der Waals surface area (Å²) in [7, 11) is 0. The van der Waals surface area contributed by atoms with Crippen LogP contribution < -0.4 is 0 Å². The monoisotopic (exact) mass is 478 g/mol. The van der Waals surface area contributed by atoms with E-state index in [9.17, 15) is 15.0 Å². The molecule has 0 bridgehead atoms. The Morgan fingerprint density at radius 3 is 2.53 bits per heavy atom. The van der Waals surface area contributed by atoms with Gasteiger partial charge in [0.25, 0.3) is 0 Å². The van der Waals surface area contributed by atoms with Crippen molar-refractivity contribution in [2.75, 3.05) is 52.5 Å². The van der Waals surface area contributed by atoms with Gasteiger partial charge in [-0.2, -0.15) is 0 Å². The summed E-state index contributed by atoms with van der Waals surface area (Å²) < 4.78 is 11.8. The van der Waals surface area contributed by atoms with Gasteiger partial charge in [0, 0.05) is 52.2 Å². The number of ether oxygens (including phenoxy) is 2. The van der Waals surface area contributed by atoms with Crippen LogP contribution in [-0.4, -0.2) is 96.8 Å². The molecule has 2 heterocycles. The van der Waals surface area contributed by atoms with E-state index in [0.717, 1.165) is 45.9 Å². The summed E-state index contributed by atoms with van der Waals surface area (Å²) in [6, 6.07) is 0. The minimum atomic E-state index is -0.820. The lowest BCUT2D eigenvalue weighted by molar-refractivity contribution is -0.158. The molecule has 0 radical (unpaired) electrons. The fourth-order valence-corrected chi connectivity index (χ4v) is 7.62. The number of likely N-dealkylation sites (tertiary alicyclic amines) is 1. The summed E-state index contributed by atoms with van der Waals surface area (Å²) >= 11 is 0. The number of morpholine rings is 1. The van der Waals surface area contributed by atoms with Gasteiger partial charge in [0.1, 0.15) is 0 Å². The molecule has 2 aliphatic heterocycles. The van der Waals surface area contributed by atoms with Crippen molar-refractivity contribution in [3.63, 3.8) is 0 Å². The quantitative estimate of drug-likeness (QED) is 0.610. The fourth-order valence-electron chi connectivity index (χ4n) is 7.62. The number of hydrogen-bond donors (Lipinski definition) is 2. The molecule has 5 fully saturated rings. The molecule has 0 aromatic carbocycles. The van der Waals surface area contributed by atoms with Gasteiger partial charge in [0.05, 0.1) is 37.4 Å². The second-order valence-corrected chi connectivity index (χ2v) is 11.9. The first-order valence-corrected chi connectivity index (χ1v) is 14.1. The smallest absolute Gasteiger partial charge is 0.230 e. The lowest BCUT2D eigenvalue weighted by Crippen LogP contribution is -2.52. The van der Waals surface area contributed by atoms with Crippen molar-refractivity contribution in [3.8, 4) is 0 Å². The Morgan fingerprint density at radius 2 is 1.74 bits per heavy atom. The van der Waals surface area contributed by atoms with Crippen LogP contribution >= 0.6 is 0 Å². The Kier molecular flexibility index (Phi) is 8.47. The SMILES string of the molecule is O=C(C1C(O)CC(O)CC1OCC1CCCCC1)N1CC2CCCC(CN3CCOCC3)C2C1. The molecule has 2 N–H and O–H groups in total. The number of nitrogens with zero attached hydrogens (tertiary/aromatic N) is 2. The van der Waals surface area contributed by atoms with Crippen molar-refractivity contribution in [3.05, 3.63) is 0 Å². The van der Waals surface area contributed by atoms with Crippen LogP contribution in [0.2, 0.25) is 0 Å². The third kappa shape index (κ3) is 5.80. The lowest BCUT2D eigenvalue weighted by atomic mass is 9.73. The van der Waals surface area contributed by atoms with Gasteiger partial charge >= 0.3 is 0 Å². The highest BCUT2D eigenvalue weighted by Gasteiger charge is 2.48.